The van der Waals surface area contributed by atoms with E-state index in [2.05, 4.69) is 0 Å². The maximum atomic E-state index is 12.7. The first-order chi connectivity index (χ1) is 14.2. The molecule has 2 fully saturated rings. The molecule has 30 heavy (non-hydrogen) atoms. The van der Waals surface area contributed by atoms with Crippen LogP contribution in [0.1, 0.15) is 26.7 Å². The molecule has 0 aromatic heterocycles. The van der Waals surface area contributed by atoms with E-state index < -0.39 is 49.3 Å². The number of aliphatic hydroxyl groups excluding tert-OH is 4. The standard InChI is InChI=1S/C21H28O9/c1-8-3-4-11-9(2)20(27)30-19(11)15-10(5-12(23)14(8)15)7-28-21-18(26)17(25)16(24)13(6-22)29-21/h5,9,11,13,15-19,21-22,24-26H,3-4,6-7H2,1-2H3/t9-,11+,13+,15-,16+,17-,18+,19+,21+/m0/s1. The highest BCUT2D eigenvalue weighted by atomic mass is 16.7. The van der Waals surface area contributed by atoms with Gasteiger partial charge in [0.15, 0.2) is 12.1 Å². The number of rotatable bonds is 4. The maximum Gasteiger partial charge on any atom is 0.309 e. The molecule has 9 heteroatoms. The van der Waals surface area contributed by atoms with Crippen LogP contribution in [-0.4, -0.2) is 82.2 Å². The van der Waals surface area contributed by atoms with E-state index in [1.165, 1.54) is 6.08 Å². The highest BCUT2D eigenvalue weighted by Gasteiger charge is 2.52. The Kier molecular flexibility index (Phi) is 5.86. The van der Waals surface area contributed by atoms with Crippen molar-refractivity contribution in [3.05, 3.63) is 22.8 Å². The lowest BCUT2D eigenvalue weighted by Crippen LogP contribution is -2.59. The molecule has 4 N–H and O–H groups in total. The molecule has 2 aliphatic carbocycles. The summed E-state index contributed by atoms with van der Waals surface area (Å²) in [7, 11) is 0. The number of fused-ring (bicyclic) bond motifs is 3. The zero-order valence-electron chi connectivity index (χ0n) is 16.9. The molecule has 0 unspecified atom stereocenters. The summed E-state index contributed by atoms with van der Waals surface area (Å²) in [6, 6.07) is 0. The van der Waals surface area contributed by atoms with Gasteiger partial charge in [-0.25, -0.2) is 0 Å². The third-order valence-electron chi connectivity index (χ3n) is 6.88. The van der Waals surface area contributed by atoms with Crippen LogP contribution in [0.5, 0.6) is 0 Å². The Hall–Kier alpha value is -1.62. The highest BCUT2D eigenvalue weighted by Crippen LogP contribution is 2.48. The number of esters is 1. The molecule has 4 aliphatic rings. The van der Waals surface area contributed by atoms with E-state index in [9.17, 15) is 30.0 Å². The second kappa shape index (κ2) is 8.14. The van der Waals surface area contributed by atoms with Gasteiger partial charge < -0.3 is 34.6 Å². The molecule has 2 saturated heterocycles. The minimum absolute atomic E-state index is 0.00323. The molecule has 9 nitrogen and oxygen atoms in total. The van der Waals surface area contributed by atoms with Crippen LogP contribution in [0.15, 0.2) is 22.8 Å². The van der Waals surface area contributed by atoms with E-state index in [-0.39, 0.29) is 30.2 Å². The summed E-state index contributed by atoms with van der Waals surface area (Å²) < 4.78 is 16.7. The summed E-state index contributed by atoms with van der Waals surface area (Å²) in [6.07, 6.45) is -4.41. The van der Waals surface area contributed by atoms with Crippen molar-refractivity contribution in [2.75, 3.05) is 13.2 Å². The fraction of sp³-hybridized carbons (Fsp3) is 0.714. The topological polar surface area (TPSA) is 143 Å². The van der Waals surface area contributed by atoms with E-state index in [4.69, 9.17) is 14.2 Å². The van der Waals surface area contributed by atoms with Crippen molar-refractivity contribution in [1.29, 1.82) is 0 Å². The number of hydrogen-bond donors (Lipinski definition) is 4. The van der Waals surface area contributed by atoms with Gasteiger partial charge in [-0.3, -0.25) is 9.59 Å². The molecule has 0 spiro atoms. The smallest absolute Gasteiger partial charge is 0.309 e. The normalized spacial score (nSPS) is 43.8. The van der Waals surface area contributed by atoms with Gasteiger partial charge in [0.2, 0.25) is 0 Å². The number of ketones is 1. The summed E-state index contributed by atoms with van der Waals surface area (Å²) in [5, 5.41) is 39.3. The summed E-state index contributed by atoms with van der Waals surface area (Å²) >= 11 is 0. The molecule has 0 amide bonds. The summed E-state index contributed by atoms with van der Waals surface area (Å²) in [5.74, 6) is -1.07. The first-order valence-electron chi connectivity index (χ1n) is 10.3. The highest BCUT2D eigenvalue weighted by molar-refractivity contribution is 6.09. The monoisotopic (exact) mass is 424 g/mol. The maximum absolute atomic E-state index is 12.7. The van der Waals surface area contributed by atoms with Crippen LogP contribution in [0.2, 0.25) is 0 Å². The Morgan fingerprint density at radius 1 is 1.17 bits per heavy atom. The third kappa shape index (κ3) is 3.43. The Labute approximate surface area is 173 Å². The second-order valence-electron chi connectivity index (χ2n) is 8.66. The Morgan fingerprint density at radius 2 is 1.90 bits per heavy atom. The predicted molar refractivity (Wildman–Crippen MR) is 101 cm³/mol. The largest absolute Gasteiger partial charge is 0.461 e. The van der Waals surface area contributed by atoms with Gasteiger partial charge in [0.25, 0.3) is 0 Å². The molecule has 166 valence electrons. The minimum Gasteiger partial charge on any atom is -0.461 e. The Balaban J connectivity index is 1.54. The number of carbonyl (C=O) groups is 2. The first-order valence-corrected chi connectivity index (χ1v) is 10.3. The van der Waals surface area contributed by atoms with Crippen molar-refractivity contribution in [3.63, 3.8) is 0 Å². The van der Waals surface area contributed by atoms with Crippen LogP contribution in [0.25, 0.3) is 0 Å². The van der Waals surface area contributed by atoms with Crippen LogP contribution in [0.4, 0.5) is 0 Å². The molecule has 0 aromatic carbocycles. The third-order valence-corrected chi connectivity index (χ3v) is 6.88. The lowest BCUT2D eigenvalue weighted by molar-refractivity contribution is -0.299. The summed E-state index contributed by atoms with van der Waals surface area (Å²) in [6.45, 7) is 3.12. The molecule has 0 saturated carbocycles. The average Bonchev–Trinajstić information content (AvgIpc) is 3.14. The van der Waals surface area contributed by atoms with Gasteiger partial charge >= 0.3 is 5.97 Å². The van der Waals surface area contributed by atoms with Crippen molar-refractivity contribution in [2.45, 2.75) is 63.5 Å². The fourth-order valence-corrected chi connectivity index (χ4v) is 5.08. The number of carbonyl (C=O) groups excluding carboxylic acids is 2. The van der Waals surface area contributed by atoms with Gasteiger partial charge in [-0.1, -0.05) is 12.5 Å². The molecular formula is C21H28O9. The lowest BCUT2D eigenvalue weighted by atomic mass is 9.81. The van der Waals surface area contributed by atoms with Crippen molar-refractivity contribution in [1.82, 2.24) is 0 Å². The number of hydrogen-bond acceptors (Lipinski definition) is 9. The molecular weight excluding hydrogens is 396 g/mol. The van der Waals surface area contributed by atoms with E-state index in [0.717, 1.165) is 12.0 Å². The van der Waals surface area contributed by atoms with E-state index in [1.54, 1.807) is 0 Å². The number of ether oxygens (including phenoxy) is 3. The van der Waals surface area contributed by atoms with Crippen molar-refractivity contribution >= 4 is 11.8 Å². The molecule has 4 rings (SSSR count). The van der Waals surface area contributed by atoms with Crippen LogP contribution >= 0.6 is 0 Å². The average molecular weight is 424 g/mol. The van der Waals surface area contributed by atoms with Gasteiger partial charge in [-0.15, -0.1) is 0 Å². The van der Waals surface area contributed by atoms with E-state index in [1.807, 2.05) is 13.8 Å². The molecule has 9 atom stereocenters. The fourth-order valence-electron chi connectivity index (χ4n) is 5.08. The SMILES string of the molecule is CC1=C2C(=O)C=C(CO[C@@H]3O[C@H](CO)[C@@H](O)[C@H](O)[C@H]3O)[C@@H]2[C@@H]2OC(=O)[C@@H](C)[C@H]2CC1. The van der Waals surface area contributed by atoms with Crippen molar-refractivity contribution < 1.29 is 44.2 Å². The van der Waals surface area contributed by atoms with Crippen LogP contribution in [-0.2, 0) is 23.8 Å². The summed E-state index contributed by atoms with van der Waals surface area (Å²) in [5.41, 5.74) is 2.23. The number of allylic oxidation sites excluding steroid dienone is 2. The van der Waals surface area contributed by atoms with Crippen molar-refractivity contribution in [2.24, 2.45) is 17.8 Å². The molecule has 0 aromatic rings. The molecule has 0 radical (unpaired) electrons. The Bertz CT molecular complexity index is 785. The van der Waals surface area contributed by atoms with Gasteiger partial charge in [0.05, 0.1) is 19.1 Å². The van der Waals surface area contributed by atoms with E-state index in [0.29, 0.717) is 17.6 Å². The quantitative estimate of drug-likeness (QED) is 0.427. The zero-order valence-corrected chi connectivity index (χ0v) is 16.9. The first kappa shape index (κ1) is 21.6. The molecule has 2 aliphatic heterocycles. The van der Waals surface area contributed by atoms with Gasteiger partial charge in [0, 0.05) is 17.4 Å². The summed E-state index contributed by atoms with van der Waals surface area (Å²) in [4.78, 5) is 24.9. The lowest BCUT2D eigenvalue weighted by Gasteiger charge is -2.39. The zero-order chi connectivity index (χ0) is 21.7. The predicted octanol–water partition coefficient (Wildman–Crippen LogP) is -0.784. The van der Waals surface area contributed by atoms with Crippen LogP contribution in [0.3, 0.4) is 0 Å². The number of aliphatic hydroxyl groups is 4. The van der Waals surface area contributed by atoms with Crippen LogP contribution < -0.4 is 0 Å². The Morgan fingerprint density at radius 3 is 2.60 bits per heavy atom. The molecule has 0 bridgehead atoms. The van der Waals surface area contributed by atoms with Gasteiger partial charge in [-0.05, 0) is 31.4 Å². The van der Waals surface area contributed by atoms with Gasteiger partial charge in [0.1, 0.15) is 30.5 Å². The van der Waals surface area contributed by atoms with Crippen molar-refractivity contribution in [3.8, 4) is 0 Å². The second-order valence-corrected chi connectivity index (χ2v) is 8.66. The van der Waals surface area contributed by atoms with Crippen LogP contribution in [0, 0.1) is 17.8 Å². The minimum atomic E-state index is -1.54. The van der Waals surface area contributed by atoms with Gasteiger partial charge in [-0.2, -0.15) is 0 Å². The molecule has 2 heterocycles. The van der Waals surface area contributed by atoms with E-state index >= 15 is 0 Å².